The normalized spacial score (nSPS) is 34.8. The van der Waals surface area contributed by atoms with Crippen LogP contribution < -0.4 is 5.32 Å². The van der Waals surface area contributed by atoms with Crippen molar-refractivity contribution in [1.82, 2.24) is 10.2 Å². The predicted molar refractivity (Wildman–Crippen MR) is 66.8 cm³/mol. The van der Waals surface area contributed by atoms with E-state index in [0.717, 1.165) is 0 Å². The van der Waals surface area contributed by atoms with E-state index in [4.69, 9.17) is 9.84 Å². The Morgan fingerprint density at radius 2 is 2.26 bits per heavy atom. The minimum absolute atomic E-state index is 0.0586. The molecule has 2 aliphatic heterocycles. The van der Waals surface area contributed by atoms with Crippen molar-refractivity contribution in [3.05, 3.63) is 0 Å². The lowest BCUT2D eigenvalue weighted by Gasteiger charge is -2.38. The molecule has 0 spiro atoms. The lowest BCUT2D eigenvalue weighted by atomic mass is 9.88. The van der Waals surface area contributed by atoms with Crippen molar-refractivity contribution >= 4 is 11.9 Å². The van der Waals surface area contributed by atoms with Crippen molar-refractivity contribution in [2.45, 2.75) is 39.0 Å². The van der Waals surface area contributed by atoms with Crippen LogP contribution in [0.3, 0.4) is 0 Å². The summed E-state index contributed by atoms with van der Waals surface area (Å²) in [7, 11) is 0. The van der Waals surface area contributed by atoms with Gasteiger partial charge in [0.05, 0.1) is 19.3 Å². The van der Waals surface area contributed by atoms with E-state index in [-0.39, 0.29) is 25.2 Å². The first-order chi connectivity index (χ1) is 9.00. The average molecular weight is 266 g/mol. The summed E-state index contributed by atoms with van der Waals surface area (Å²) in [6, 6.07) is -0.455. The molecule has 0 aromatic rings. The number of hydrogen-bond donors (Lipinski definition) is 2. The zero-order chi connectivity index (χ0) is 14.0. The number of aliphatic hydroxyl groups is 1. The Hall–Kier alpha value is -1.58. The maximum Gasteiger partial charge on any atom is 0.326 e. The second-order valence-electron chi connectivity index (χ2n) is 5.07. The van der Waals surface area contributed by atoms with Crippen molar-refractivity contribution in [3.63, 3.8) is 0 Å². The zero-order valence-corrected chi connectivity index (χ0v) is 11.1. The molecule has 2 saturated heterocycles. The third kappa shape index (κ3) is 2.57. The molecule has 6 heteroatoms. The van der Waals surface area contributed by atoms with Gasteiger partial charge in [-0.25, -0.2) is 4.79 Å². The van der Waals surface area contributed by atoms with Crippen LogP contribution in [-0.4, -0.2) is 47.4 Å². The van der Waals surface area contributed by atoms with E-state index in [2.05, 4.69) is 17.2 Å². The molecule has 2 aliphatic rings. The topological polar surface area (TPSA) is 78.9 Å². The lowest BCUT2D eigenvalue weighted by molar-refractivity contribution is -0.132. The van der Waals surface area contributed by atoms with E-state index in [9.17, 15) is 9.59 Å². The summed E-state index contributed by atoms with van der Waals surface area (Å²) in [6.07, 6.45) is 0.722. The van der Waals surface area contributed by atoms with Crippen molar-refractivity contribution in [1.29, 1.82) is 0 Å². The molecule has 0 radical (unpaired) electrons. The van der Waals surface area contributed by atoms with Crippen LogP contribution in [0.2, 0.25) is 0 Å². The highest BCUT2D eigenvalue weighted by atomic mass is 16.5. The lowest BCUT2D eigenvalue weighted by Crippen LogP contribution is -2.61. The average Bonchev–Trinajstić information content (AvgIpc) is 2.83. The number of aliphatic hydroxyl groups excluding tert-OH is 1. The van der Waals surface area contributed by atoms with E-state index in [0.29, 0.717) is 12.8 Å². The number of hydrogen-bond acceptors (Lipinski definition) is 4. The van der Waals surface area contributed by atoms with Crippen LogP contribution in [0.4, 0.5) is 4.79 Å². The van der Waals surface area contributed by atoms with Gasteiger partial charge in [-0.3, -0.25) is 15.0 Å². The molecule has 6 nitrogen and oxygen atoms in total. The molecule has 0 aliphatic carbocycles. The zero-order valence-electron chi connectivity index (χ0n) is 11.1. The van der Waals surface area contributed by atoms with Gasteiger partial charge in [0.1, 0.15) is 11.6 Å². The van der Waals surface area contributed by atoms with Gasteiger partial charge < -0.3 is 9.84 Å². The maximum atomic E-state index is 11.9. The summed E-state index contributed by atoms with van der Waals surface area (Å²) in [5.41, 5.74) is -0.913. The Morgan fingerprint density at radius 3 is 2.84 bits per heavy atom. The third-order valence-corrected chi connectivity index (χ3v) is 3.51. The van der Waals surface area contributed by atoms with Gasteiger partial charge >= 0.3 is 6.03 Å². The highest BCUT2D eigenvalue weighted by molar-refractivity contribution is 6.01. The van der Waals surface area contributed by atoms with Gasteiger partial charge in [-0.15, -0.1) is 5.92 Å². The minimum Gasteiger partial charge on any atom is -0.394 e. The second-order valence-corrected chi connectivity index (χ2v) is 5.07. The van der Waals surface area contributed by atoms with E-state index >= 15 is 0 Å². The first-order valence-electron chi connectivity index (χ1n) is 6.32. The van der Waals surface area contributed by atoms with Gasteiger partial charge in [-0.1, -0.05) is 5.92 Å². The first-order valence-corrected chi connectivity index (χ1v) is 6.32. The number of imide groups is 1. The Kier molecular flexibility index (Phi) is 3.78. The van der Waals surface area contributed by atoms with Gasteiger partial charge in [0, 0.05) is 0 Å². The maximum absolute atomic E-state index is 11.9. The third-order valence-electron chi connectivity index (χ3n) is 3.51. The first kappa shape index (κ1) is 13.8. The Balaban J connectivity index is 2.14. The van der Waals surface area contributed by atoms with Crippen LogP contribution in [0, 0.1) is 17.3 Å². The largest absolute Gasteiger partial charge is 0.394 e. The summed E-state index contributed by atoms with van der Waals surface area (Å²) in [6.45, 7) is 3.52. The molecular formula is C13H18N2O4. The number of carbonyl (C=O) groups is 2. The molecule has 0 bridgehead atoms. The number of nitrogens with zero attached hydrogens (tertiary/aromatic N) is 1. The van der Waals surface area contributed by atoms with Crippen LogP contribution in [0.15, 0.2) is 0 Å². The van der Waals surface area contributed by atoms with Gasteiger partial charge in [0.25, 0.3) is 0 Å². The SMILES string of the molecule is CC#CC1(C)CN([C@H]2CC[C@@H](CO)O2)C(=O)NC1=O. The fourth-order valence-corrected chi connectivity index (χ4v) is 2.45. The Labute approximate surface area is 112 Å². The van der Waals surface area contributed by atoms with Crippen LogP contribution in [-0.2, 0) is 9.53 Å². The number of carbonyl (C=O) groups excluding carboxylic acids is 2. The van der Waals surface area contributed by atoms with Crippen LogP contribution in [0.5, 0.6) is 0 Å². The quantitative estimate of drug-likeness (QED) is 0.693. The van der Waals surface area contributed by atoms with Gasteiger partial charge in [-0.05, 0) is 26.7 Å². The molecule has 0 aromatic heterocycles. The molecular weight excluding hydrogens is 248 g/mol. The standard InChI is InChI=1S/C13H18N2O4/c1-3-6-13(2)8-15(12(18)14-11(13)17)10-5-4-9(7-16)19-10/h9-10,16H,4-5,7-8H2,1-2H3,(H,14,17,18)/t9-,10+,13?/m0/s1. The van der Waals surface area contributed by atoms with E-state index in [1.165, 1.54) is 4.90 Å². The fraction of sp³-hybridized carbons (Fsp3) is 0.692. The highest BCUT2D eigenvalue weighted by Gasteiger charge is 2.45. The molecule has 2 fully saturated rings. The molecule has 0 aromatic carbocycles. The smallest absolute Gasteiger partial charge is 0.326 e. The number of ether oxygens (including phenoxy) is 1. The van der Waals surface area contributed by atoms with Crippen LogP contribution in [0.25, 0.3) is 0 Å². The van der Waals surface area contributed by atoms with Gasteiger partial charge in [0.2, 0.25) is 5.91 Å². The molecule has 2 N–H and O–H groups in total. The van der Waals surface area contributed by atoms with Crippen molar-refractivity contribution < 1.29 is 19.4 Å². The van der Waals surface area contributed by atoms with Crippen molar-refractivity contribution in [2.24, 2.45) is 5.41 Å². The van der Waals surface area contributed by atoms with Crippen molar-refractivity contribution in [2.75, 3.05) is 13.2 Å². The van der Waals surface area contributed by atoms with E-state index < -0.39 is 17.7 Å². The monoisotopic (exact) mass is 266 g/mol. The summed E-state index contributed by atoms with van der Waals surface area (Å²) in [5, 5.41) is 11.4. The Morgan fingerprint density at radius 1 is 1.53 bits per heavy atom. The molecule has 104 valence electrons. The molecule has 2 rings (SSSR count). The Bertz CT molecular complexity index is 453. The molecule has 2 heterocycles. The molecule has 0 saturated carbocycles. The highest BCUT2D eigenvalue weighted by Crippen LogP contribution is 2.29. The second kappa shape index (κ2) is 5.19. The molecule has 3 atom stereocenters. The van der Waals surface area contributed by atoms with Gasteiger partial charge in [-0.2, -0.15) is 0 Å². The fourth-order valence-electron chi connectivity index (χ4n) is 2.45. The number of rotatable bonds is 2. The summed E-state index contributed by atoms with van der Waals surface area (Å²) < 4.78 is 5.58. The summed E-state index contributed by atoms with van der Waals surface area (Å²) >= 11 is 0. The summed E-state index contributed by atoms with van der Waals surface area (Å²) in [4.78, 5) is 25.2. The molecule has 3 amide bonds. The molecule has 19 heavy (non-hydrogen) atoms. The number of amides is 3. The number of nitrogens with one attached hydrogen (secondary N) is 1. The van der Waals surface area contributed by atoms with E-state index in [1.54, 1.807) is 13.8 Å². The van der Waals surface area contributed by atoms with Crippen molar-refractivity contribution in [3.8, 4) is 11.8 Å². The van der Waals surface area contributed by atoms with E-state index in [1.807, 2.05) is 0 Å². The van der Waals surface area contributed by atoms with Crippen LogP contribution in [0.1, 0.15) is 26.7 Å². The number of urea groups is 1. The summed E-state index contributed by atoms with van der Waals surface area (Å²) in [5.74, 6) is 5.20. The molecule has 1 unspecified atom stereocenters. The van der Waals surface area contributed by atoms with Crippen LogP contribution >= 0.6 is 0 Å². The minimum atomic E-state index is -0.913. The predicted octanol–water partition coefficient (Wildman–Crippen LogP) is 0.0652. The van der Waals surface area contributed by atoms with Gasteiger partial charge in [0.15, 0.2) is 0 Å².